The second-order valence-electron chi connectivity index (χ2n) is 6.79. The highest BCUT2D eigenvalue weighted by molar-refractivity contribution is 6.36. The van der Waals surface area contributed by atoms with Crippen molar-refractivity contribution in [3.8, 4) is 17.2 Å². The lowest BCUT2D eigenvalue weighted by Crippen LogP contribution is -2.29. The van der Waals surface area contributed by atoms with Gasteiger partial charge in [0.25, 0.3) is 0 Å². The number of nitrogens with one attached hydrogen (secondary N) is 1. The van der Waals surface area contributed by atoms with E-state index >= 15 is 0 Å². The van der Waals surface area contributed by atoms with Crippen molar-refractivity contribution in [3.05, 3.63) is 57.6 Å². The predicted octanol–water partition coefficient (Wildman–Crippen LogP) is 5.85. The monoisotopic (exact) mass is 405 g/mol. The molecule has 4 rings (SSSR count). The molecule has 0 radical (unpaired) electrons. The molecule has 3 atom stereocenters. The highest BCUT2D eigenvalue weighted by Crippen LogP contribution is 2.53. The Hall–Kier alpha value is -2.04. The Morgan fingerprint density at radius 3 is 2.30 bits per heavy atom. The van der Waals surface area contributed by atoms with Crippen LogP contribution in [0, 0.1) is 5.92 Å². The van der Waals surface area contributed by atoms with Crippen molar-refractivity contribution in [2.24, 2.45) is 5.92 Å². The van der Waals surface area contributed by atoms with Gasteiger partial charge in [-0.2, -0.15) is 0 Å². The fraction of sp³-hybridized carbons (Fsp3) is 0.333. The topological polar surface area (TPSA) is 39.7 Å². The Balaban J connectivity index is 1.83. The van der Waals surface area contributed by atoms with Crippen LogP contribution in [0.2, 0.25) is 10.0 Å². The van der Waals surface area contributed by atoms with E-state index in [0.29, 0.717) is 33.2 Å². The lowest BCUT2D eigenvalue weighted by atomic mass is 9.77. The summed E-state index contributed by atoms with van der Waals surface area (Å²) < 4.78 is 16.5. The zero-order valence-corrected chi connectivity index (χ0v) is 16.9. The lowest BCUT2D eigenvalue weighted by Gasteiger charge is -2.38. The van der Waals surface area contributed by atoms with Crippen LogP contribution in [-0.2, 0) is 0 Å². The summed E-state index contributed by atoms with van der Waals surface area (Å²) in [6, 6.07) is 7.85. The molecule has 1 aliphatic heterocycles. The first-order chi connectivity index (χ1) is 13.1. The van der Waals surface area contributed by atoms with Gasteiger partial charge in [-0.25, -0.2) is 0 Å². The fourth-order valence-electron chi connectivity index (χ4n) is 4.23. The summed E-state index contributed by atoms with van der Waals surface area (Å²) in [6.07, 6.45) is 5.45. The molecular weight excluding hydrogens is 385 g/mol. The van der Waals surface area contributed by atoms with Gasteiger partial charge in [-0.15, -0.1) is 0 Å². The number of hydrogen-bond acceptors (Lipinski definition) is 4. The molecule has 0 aromatic heterocycles. The SMILES string of the molecule is COc1cc([C@@H]2Nc3c(Cl)cc(Cl)cc3[C@@H]3C=CC[C@H]32)cc(OC)c1OC. The lowest BCUT2D eigenvalue weighted by molar-refractivity contribution is 0.322. The van der Waals surface area contributed by atoms with Gasteiger partial charge in [0.2, 0.25) is 5.75 Å². The van der Waals surface area contributed by atoms with Crippen LogP contribution in [0.3, 0.4) is 0 Å². The number of fused-ring (bicyclic) bond motifs is 3. The van der Waals surface area contributed by atoms with E-state index in [9.17, 15) is 0 Å². The van der Waals surface area contributed by atoms with Crippen LogP contribution in [-0.4, -0.2) is 21.3 Å². The van der Waals surface area contributed by atoms with Gasteiger partial charge < -0.3 is 19.5 Å². The van der Waals surface area contributed by atoms with Gasteiger partial charge in [0.15, 0.2) is 11.5 Å². The molecule has 0 bridgehead atoms. The molecule has 0 unspecified atom stereocenters. The van der Waals surface area contributed by atoms with E-state index < -0.39 is 0 Å². The van der Waals surface area contributed by atoms with Gasteiger partial charge in [0.1, 0.15) is 0 Å². The number of anilines is 1. The standard InChI is InChI=1S/C21H21Cl2NO3/c1-25-17-7-11(8-18(26-2)21(17)27-3)19-14-6-4-5-13(14)15-9-12(22)10-16(23)20(15)24-19/h4-5,7-10,13-14,19,24H,6H2,1-3H3/t13-,14-,19+/m1/s1. The van der Waals surface area contributed by atoms with E-state index in [0.717, 1.165) is 23.2 Å². The number of rotatable bonds is 4. The van der Waals surface area contributed by atoms with Crippen LogP contribution in [0.15, 0.2) is 36.4 Å². The summed E-state index contributed by atoms with van der Waals surface area (Å²) >= 11 is 12.8. The second-order valence-corrected chi connectivity index (χ2v) is 7.63. The molecule has 4 nitrogen and oxygen atoms in total. The molecule has 0 fully saturated rings. The van der Waals surface area contributed by atoms with E-state index in [-0.39, 0.29) is 12.0 Å². The van der Waals surface area contributed by atoms with Crippen LogP contribution < -0.4 is 19.5 Å². The molecule has 142 valence electrons. The molecule has 0 amide bonds. The van der Waals surface area contributed by atoms with E-state index in [1.165, 1.54) is 0 Å². The predicted molar refractivity (Wildman–Crippen MR) is 109 cm³/mol. The first-order valence-electron chi connectivity index (χ1n) is 8.79. The molecule has 0 spiro atoms. The highest BCUT2D eigenvalue weighted by Gasteiger charge is 2.39. The molecule has 1 N–H and O–H groups in total. The van der Waals surface area contributed by atoms with Crippen LogP contribution in [0.4, 0.5) is 5.69 Å². The molecular formula is C21H21Cl2NO3. The summed E-state index contributed by atoms with van der Waals surface area (Å²) in [5.41, 5.74) is 3.16. The van der Waals surface area contributed by atoms with Crippen molar-refractivity contribution in [2.45, 2.75) is 18.4 Å². The molecule has 1 aliphatic carbocycles. The molecule has 2 aliphatic rings. The highest BCUT2D eigenvalue weighted by atomic mass is 35.5. The molecule has 0 saturated carbocycles. The summed E-state index contributed by atoms with van der Waals surface area (Å²) in [6.45, 7) is 0. The molecule has 27 heavy (non-hydrogen) atoms. The first-order valence-corrected chi connectivity index (χ1v) is 9.55. The summed E-state index contributed by atoms with van der Waals surface area (Å²) in [4.78, 5) is 0. The van der Waals surface area contributed by atoms with Crippen LogP contribution in [0.1, 0.15) is 29.5 Å². The van der Waals surface area contributed by atoms with Gasteiger partial charge in [-0.3, -0.25) is 0 Å². The van der Waals surface area contributed by atoms with Crippen molar-refractivity contribution < 1.29 is 14.2 Å². The summed E-state index contributed by atoms with van der Waals surface area (Å²) in [5, 5.41) is 4.93. The Kier molecular flexibility index (Phi) is 4.87. The van der Waals surface area contributed by atoms with Crippen molar-refractivity contribution in [1.82, 2.24) is 0 Å². The maximum absolute atomic E-state index is 6.51. The number of ether oxygens (including phenoxy) is 3. The normalized spacial score (nSPS) is 22.6. The second kappa shape index (κ2) is 7.17. The third kappa shape index (κ3) is 3.01. The van der Waals surface area contributed by atoms with Gasteiger partial charge in [0.05, 0.1) is 38.1 Å². The Bertz CT molecular complexity index is 888. The average molecular weight is 406 g/mol. The van der Waals surface area contributed by atoms with Crippen molar-refractivity contribution in [2.75, 3.05) is 26.6 Å². The molecule has 1 heterocycles. The van der Waals surface area contributed by atoms with Gasteiger partial charge in [0, 0.05) is 10.9 Å². The molecule has 0 saturated heterocycles. The number of methoxy groups -OCH3 is 3. The minimum Gasteiger partial charge on any atom is -0.493 e. The molecule has 2 aromatic carbocycles. The molecule has 6 heteroatoms. The smallest absolute Gasteiger partial charge is 0.203 e. The zero-order chi connectivity index (χ0) is 19.1. The zero-order valence-electron chi connectivity index (χ0n) is 15.4. The van der Waals surface area contributed by atoms with Gasteiger partial charge in [-0.1, -0.05) is 35.4 Å². The van der Waals surface area contributed by atoms with Crippen molar-refractivity contribution >= 4 is 28.9 Å². The van der Waals surface area contributed by atoms with Crippen LogP contribution >= 0.6 is 23.2 Å². The van der Waals surface area contributed by atoms with E-state index in [1.54, 1.807) is 27.4 Å². The average Bonchev–Trinajstić information content (AvgIpc) is 3.16. The summed E-state index contributed by atoms with van der Waals surface area (Å²) in [5.74, 6) is 2.50. The number of halogens is 2. The van der Waals surface area contributed by atoms with E-state index in [4.69, 9.17) is 37.4 Å². The first kappa shape index (κ1) is 18.3. The largest absolute Gasteiger partial charge is 0.493 e. The number of allylic oxidation sites excluding steroid dienone is 2. The van der Waals surface area contributed by atoms with Gasteiger partial charge >= 0.3 is 0 Å². The fourth-order valence-corrected chi connectivity index (χ4v) is 4.80. The Labute approximate surface area is 169 Å². The minimum atomic E-state index is 0.0601. The third-order valence-corrected chi connectivity index (χ3v) is 5.95. The third-order valence-electron chi connectivity index (χ3n) is 5.43. The summed E-state index contributed by atoms with van der Waals surface area (Å²) in [7, 11) is 4.86. The van der Waals surface area contributed by atoms with E-state index in [1.807, 2.05) is 18.2 Å². The minimum absolute atomic E-state index is 0.0601. The quantitative estimate of drug-likeness (QED) is 0.647. The van der Waals surface area contributed by atoms with Crippen molar-refractivity contribution in [1.29, 1.82) is 0 Å². The van der Waals surface area contributed by atoms with Crippen LogP contribution in [0.5, 0.6) is 17.2 Å². The Morgan fingerprint density at radius 2 is 1.67 bits per heavy atom. The molecule has 2 aromatic rings. The maximum Gasteiger partial charge on any atom is 0.203 e. The number of benzene rings is 2. The number of hydrogen-bond donors (Lipinski definition) is 1. The van der Waals surface area contributed by atoms with E-state index in [2.05, 4.69) is 17.5 Å². The Morgan fingerprint density at radius 1 is 0.963 bits per heavy atom. The maximum atomic E-state index is 6.51. The van der Waals surface area contributed by atoms with Gasteiger partial charge in [-0.05, 0) is 47.7 Å². The van der Waals surface area contributed by atoms with Crippen LogP contribution in [0.25, 0.3) is 0 Å². The van der Waals surface area contributed by atoms with Crippen molar-refractivity contribution in [3.63, 3.8) is 0 Å².